The Hall–Kier alpha value is -0.870. The predicted octanol–water partition coefficient (Wildman–Crippen LogP) is 2.79. The molecule has 0 fully saturated rings. The molecule has 0 radical (unpaired) electrons. The minimum Gasteiger partial charge on any atom is -0.379 e. The van der Waals surface area contributed by atoms with E-state index in [0.717, 1.165) is 22.0 Å². The molecule has 0 N–H and O–H groups in total. The Balaban J connectivity index is 2.63. The molecule has 0 heterocycles. The van der Waals surface area contributed by atoms with Gasteiger partial charge in [0.2, 0.25) is 0 Å². The van der Waals surface area contributed by atoms with Gasteiger partial charge in [-0.05, 0) is 25.0 Å². The molecule has 0 unspecified atom stereocenters. The lowest BCUT2D eigenvalue weighted by molar-refractivity contribution is 0.0711. The number of halogens is 1. The summed E-state index contributed by atoms with van der Waals surface area (Å²) in [5.74, 6) is 0.0630. The number of hydrogen-bond acceptors (Lipinski definition) is 2. The summed E-state index contributed by atoms with van der Waals surface area (Å²) in [7, 11) is 1.81. The van der Waals surface area contributed by atoms with E-state index < -0.39 is 0 Å². The molecule has 0 aromatic heterocycles. The predicted molar refractivity (Wildman–Crippen MR) is 77.5 cm³/mol. The highest BCUT2D eigenvalue weighted by Gasteiger charge is 2.15. The van der Waals surface area contributed by atoms with Gasteiger partial charge in [-0.2, -0.15) is 0 Å². The van der Waals surface area contributed by atoms with Crippen molar-refractivity contribution in [3.63, 3.8) is 0 Å². The van der Waals surface area contributed by atoms with E-state index in [1.165, 1.54) is 0 Å². The van der Waals surface area contributed by atoms with E-state index in [2.05, 4.69) is 15.9 Å². The Morgan fingerprint density at radius 3 is 2.44 bits per heavy atom. The molecule has 0 aliphatic heterocycles. The first-order valence-electron chi connectivity index (χ1n) is 6.03. The first kappa shape index (κ1) is 15.2. The number of likely N-dealkylation sites (N-methyl/N-ethyl adjacent to an activating group) is 1. The van der Waals surface area contributed by atoms with Gasteiger partial charge >= 0.3 is 0 Å². The van der Waals surface area contributed by atoms with Gasteiger partial charge in [0, 0.05) is 24.5 Å². The topological polar surface area (TPSA) is 29.5 Å². The lowest BCUT2D eigenvalue weighted by Gasteiger charge is -2.19. The van der Waals surface area contributed by atoms with Crippen LogP contribution in [0.4, 0.5) is 0 Å². The van der Waals surface area contributed by atoms with Crippen LogP contribution in [0.1, 0.15) is 21.5 Å². The van der Waals surface area contributed by atoms with Crippen LogP contribution in [0.5, 0.6) is 0 Å². The fourth-order valence-corrected chi connectivity index (χ4v) is 2.03. The van der Waals surface area contributed by atoms with Gasteiger partial charge in [0.1, 0.15) is 0 Å². The number of aryl methyl sites for hydroxylation is 2. The monoisotopic (exact) mass is 313 g/mol. The molecular formula is C14H20BrNO2. The van der Waals surface area contributed by atoms with Crippen LogP contribution in [0.3, 0.4) is 0 Å². The molecule has 0 saturated carbocycles. The first-order valence-corrected chi connectivity index (χ1v) is 7.15. The Bertz CT molecular complexity index is 387. The molecular weight excluding hydrogens is 294 g/mol. The summed E-state index contributed by atoms with van der Waals surface area (Å²) in [6.45, 7) is 5.79. The summed E-state index contributed by atoms with van der Waals surface area (Å²) in [5.41, 5.74) is 2.85. The molecule has 0 aliphatic carbocycles. The number of carbonyl (C=O) groups is 1. The molecule has 18 heavy (non-hydrogen) atoms. The number of hydrogen-bond donors (Lipinski definition) is 0. The third-order valence-electron chi connectivity index (χ3n) is 2.83. The minimum absolute atomic E-state index is 0.0630. The molecule has 4 heteroatoms. The van der Waals surface area contributed by atoms with Crippen molar-refractivity contribution in [3.05, 3.63) is 34.9 Å². The molecule has 1 aromatic carbocycles. The van der Waals surface area contributed by atoms with E-state index in [1.54, 1.807) is 4.90 Å². The highest BCUT2D eigenvalue weighted by atomic mass is 79.9. The maximum absolute atomic E-state index is 12.3. The Morgan fingerprint density at radius 2 is 1.89 bits per heavy atom. The average molecular weight is 314 g/mol. The van der Waals surface area contributed by atoms with Gasteiger partial charge in [-0.25, -0.2) is 0 Å². The third kappa shape index (κ3) is 4.10. The molecule has 1 aromatic rings. The number of nitrogens with zero attached hydrogens (tertiary/aromatic N) is 1. The molecule has 0 aliphatic rings. The van der Waals surface area contributed by atoms with Gasteiger partial charge in [0.25, 0.3) is 5.91 Å². The van der Waals surface area contributed by atoms with Crippen LogP contribution in [-0.2, 0) is 4.74 Å². The normalized spacial score (nSPS) is 10.4. The van der Waals surface area contributed by atoms with Gasteiger partial charge in [-0.15, -0.1) is 0 Å². The molecule has 0 atom stereocenters. The van der Waals surface area contributed by atoms with Crippen LogP contribution < -0.4 is 0 Å². The Morgan fingerprint density at radius 1 is 1.28 bits per heavy atom. The standard InChI is InChI=1S/C14H20BrNO2/c1-11-5-4-6-12(2)13(11)14(17)16(3)8-10-18-9-7-15/h4-6H,7-10H2,1-3H3. The van der Waals surface area contributed by atoms with Crippen molar-refractivity contribution in [2.24, 2.45) is 0 Å². The van der Waals surface area contributed by atoms with Gasteiger partial charge < -0.3 is 9.64 Å². The quantitative estimate of drug-likeness (QED) is 0.597. The number of amides is 1. The first-order chi connectivity index (χ1) is 8.57. The highest BCUT2D eigenvalue weighted by Crippen LogP contribution is 2.15. The summed E-state index contributed by atoms with van der Waals surface area (Å²) in [6.07, 6.45) is 0. The minimum atomic E-state index is 0.0630. The van der Waals surface area contributed by atoms with Crippen LogP contribution >= 0.6 is 15.9 Å². The lowest BCUT2D eigenvalue weighted by atomic mass is 10.0. The van der Waals surface area contributed by atoms with E-state index in [4.69, 9.17) is 4.74 Å². The molecule has 0 bridgehead atoms. The molecule has 0 saturated heterocycles. The van der Waals surface area contributed by atoms with Crippen molar-refractivity contribution in [3.8, 4) is 0 Å². The Kier molecular flexibility index (Phi) is 6.36. The summed E-state index contributed by atoms with van der Waals surface area (Å²) in [6, 6.07) is 5.91. The fourth-order valence-electron chi connectivity index (χ4n) is 1.80. The molecule has 1 rings (SSSR count). The Labute approximate surface area is 117 Å². The van der Waals surface area contributed by atoms with Crippen molar-refractivity contribution in [2.45, 2.75) is 13.8 Å². The number of rotatable bonds is 6. The zero-order valence-corrected chi connectivity index (χ0v) is 12.8. The second kappa shape index (κ2) is 7.54. The fraction of sp³-hybridized carbons (Fsp3) is 0.500. The van der Waals surface area contributed by atoms with Crippen molar-refractivity contribution < 1.29 is 9.53 Å². The molecule has 1 amide bonds. The molecule has 100 valence electrons. The van der Waals surface area contributed by atoms with Crippen LogP contribution in [0.15, 0.2) is 18.2 Å². The summed E-state index contributed by atoms with van der Waals surface area (Å²) >= 11 is 3.30. The van der Waals surface area contributed by atoms with Crippen LogP contribution in [0.2, 0.25) is 0 Å². The summed E-state index contributed by atoms with van der Waals surface area (Å²) in [4.78, 5) is 14.0. The third-order valence-corrected chi connectivity index (χ3v) is 3.16. The van der Waals surface area contributed by atoms with Crippen molar-refractivity contribution in [1.29, 1.82) is 0 Å². The zero-order chi connectivity index (χ0) is 13.5. The number of alkyl halides is 1. The second-order valence-corrected chi connectivity index (χ2v) is 5.09. The van der Waals surface area contributed by atoms with Crippen molar-refractivity contribution in [1.82, 2.24) is 4.90 Å². The van der Waals surface area contributed by atoms with Gasteiger partial charge in [-0.3, -0.25) is 4.79 Å². The molecule has 0 spiro atoms. The van der Waals surface area contributed by atoms with Crippen LogP contribution in [0.25, 0.3) is 0 Å². The van der Waals surface area contributed by atoms with Crippen molar-refractivity contribution >= 4 is 21.8 Å². The number of carbonyl (C=O) groups excluding carboxylic acids is 1. The van der Waals surface area contributed by atoms with Crippen LogP contribution in [-0.4, -0.2) is 42.9 Å². The largest absolute Gasteiger partial charge is 0.379 e. The van der Waals surface area contributed by atoms with E-state index in [-0.39, 0.29) is 5.91 Å². The van der Waals surface area contributed by atoms with E-state index >= 15 is 0 Å². The lowest BCUT2D eigenvalue weighted by Crippen LogP contribution is -2.31. The summed E-state index contributed by atoms with van der Waals surface area (Å²) < 4.78 is 5.36. The highest BCUT2D eigenvalue weighted by molar-refractivity contribution is 9.09. The maximum Gasteiger partial charge on any atom is 0.254 e. The van der Waals surface area contributed by atoms with Gasteiger partial charge in [0.05, 0.1) is 13.2 Å². The number of benzene rings is 1. The SMILES string of the molecule is Cc1cccc(C)c1C(=O)N(C)CCOCCBr. The number of ether oxygens (including phenoxy) is 1. The van der Waals surface area contributed by atoms with E-state index in [0.29, 0.717) is 19.8 Å². The van der Waals surface area contributed by atoms with E-state index in [9.17, 15) is 4.79 Å². The summed E-state index contributed by atoms with van der Waals surface area (Å²) in [5, 5.41) is 0.821. The average Bonchev–Trinajstić information content (AvgIpc) is 2.34. The second-order valence-electron chi connectivity index (χ2n) is 4.29. The van der Waals surface area contributed by atoms with Gasteiger partial charge in [0.15, 0.2) is 0 Å². The molecule has 3 nitrogen and oxygen atoms in total. The van der Waals surface area contributed by atoms with Gasteiger partial charge in [-0.1, -0.05) is 34.1 Å². The van der Waals surface area contributed by atoms with Crippen LogP contribution in [0, 0.1) is 13.8 Å². The zero-order valence-electron chi connectivity index (χ0n) is 11.2. The van der Waals surface area contributed by atoms with Crippen molar-refractivity contribution in [2.75, 3.05) is 32.1 Å². The smallest absolute Gasteiger partial charge is 0.254 e. The van der Waals surface area contributed by atoms with E-state index in [1.807, 2.05) is 39.1 Å². The maximum atomic E-state index is 12.3.